The third-order valence-electron chi connectivity index (χ3n) is 5.40. The summed E-state index contributed by atoms with van der Waals surface area (Å²) in [5.74, 6) is 0.950. The number of phenols is 1. The second kappa shape index (κ2) is 8.03. The van der Waals surface area contributed by atoms with Gasteiger partial charge in [-0.25, -0.2) is 0 Å². The Bertz CT molecular complexity index is 798. The monoisotopic (exact) mass is 366 g/mol. The first-order chi connectivity index (χ1) is 12.8. The lowest BCUT2D eigenvalue weighted by Crippen LogP contribution is -2.74. The number of hydrogen-bond donors (Lipinski definition) is 4. The minimum Gasteiger partial charge on any atom is -0.507 e. The van der Waals surface area contributed by atoms with Crippen LogP contribution < -0.4 is 16.3 Å². The fourth-order valence-electron chi connectivity index (χ4n) is 3.80. The van der Waals surface area contributed by atoms with Crippen molar-refractivity contribution in [2.45, 2.75) is 64.2 Å². The van der Waals surface area contributed by atoms with E-state index >= 15 is 0 Å². The fraction of sp³-hybridized carbons (Fsp3) is 0.435. The van der Waals surface area contributed by atoms with Gasteiger partial charge in [-0.05, 0) is 60.1 Å². The third kappa shape index (κ3) is 4.82. The van der Waals surface area contributed by atoms with E-state index in [4.69, 9.17) is 5.73 Å². The number of hydrazone groups is 1. The Morgan fingerprint density at radius 2 is 1.74 bits per heavy atom. The SMILES string of the molecule is CC(C)(C)c1cc(C2CCCCC2)cc(/C=[NH+]/Nc2ccc(N)cc2)c1O. The molecule has 5 N–H and O–H groups in total. The van der Waals surface area contributed by atoms with Crippen molar-refractivity contribution in [3.8, 4) is 5.75 Å². The Labute approximate surface area is 162 Å². The summed E-state index contributed by atoms with van der Waals surface area (Å²) in [7, 11) is 0. The molecule has 1 aliphatic carbocycles. The van der Waals surface area contributed by atoms with E-state index in [1.54, 1.807) is 0 Å². The molecule has 1 saturated carbocycles. The molecule has 3 rings (SSSR count). The summed E-state index contributed by atoms with van der Waals surface area (Å²) < 4.78 is 0. The van der Waals surface area contributed by atoms with Crippen LogP contribution in [0, 0.1) is 0 Å². The first kappa shape index (κ1) is 19.3. The highest BCUT2D eigenvalue weighted by Gasteiger charge is 2.24. The van der Waals surface area contributed by atoms with Gasteiger partial charge in [-0.3, -0.25) is 0 Å². The molecule has 1 aliphatic rings. The minimum atomic E-state index is -0.109. The molecule has 0 amide bonds. The number of anilines is 2. The predicted octanol–water partition coefficient (Wildman–Crippen LogP) is 3.85. The van der Waals surface area contributed by atoms with Crippen molar-refractivity contribution in [3.05, 3.63) is 53.1 Å². The van der Waals surface area contributed by atoms with Gasteiger partial charge >= 0.3 is 0 Å². The molecule has 0 unspecified atom stereocenters. The molecule has 0 saturated heterocycles. The summed E-state index contributed by atoms with van der Waals surface area (Å²) >= 11 is 0. The highest BCUT2D eigenvalue weighted by atomic mass is 16.3. The van der Waals surface area contributed by atoms with Gasteiger partial charge in [0.2, 0.25) is 6.21 Å². The first-order valence-electron chi connectivity index (χ1n) is 9.92. The maximum Gasteiger partial charge on any atom is 0.202 e. The molecule has 144 valence electrons. The van der Waals surface area contributed by atoms with E-state index in [-0.39, 0.29) is 5.41 Å². The number of nitrogens with one attached hydrogen (secondary N) is 2. The molecule has 0 radical (unpaired) electrons. The summed E-state index contributed by atoms with van der Waals surface area (Å²) in [6.45, 7) is 6.45. The minimum absolute atomic E-state index is 0.109. The van der Waals surface area contributed by atoms with Gasteiger partial charge < -0.3 is 10.8 Å². The van der Waals surface area contributed by atoms with Gasteiger partial charge in [0.15, 0.2) is 0 Å². The van der Waals surface area contributed by atoms with Crippen LogP contribution in [0.5, 0.6) is 5.75 Å². The van der Waals surface area contributed by atoms with Crippen molar-refractivity contribution >= 4 is 17.6 Å². The lowest BCUT2D eigenvalue weighted by molar-refractivity contribution is -0.413. The Balaban J connectivity index is 1.89. The molecule has 0 atom stereocenters. The first-order valence-corrected chi connectivity index (χ1v) is 9.92. The van der Waals surface area contributed by atoms with Gasteiger partial charge in [0, 0.05) is 11.3 Å². The van der Waals surface area contributed by atoms with Crippen LogP contribution in [0.4, 0.5) is 11.4 Å². The van der Waals surface area contributed by atoms with E-state index in [9.17, 15) is 5.11 Å². The quantitative estimate of drug-likeness (QED) is 0.377. The molecule has 27 heavy (non-hydrogen) atoms. The molecule has 4 nitrogen and oxygen atoms in total. The topological polar surface area (TPSA) is 72.2 Å². The van der Waals surface area contributed by atoms with E-state index in [2.05, 4.69) is 43.4 Å². The number of hydrogen-bond acceptors (Lipinski definition) is 3. The van der Waals surface area contributed by atoms with Gasteiger partial charge in [-0.1, -0.05) is 46.1 Å². The predicted molar refractivity (Wildman–Crippen MR) is 113 cm³/mol. The van der Waals surface area contributed by atoms with Crippen molar-refractivity contribution in [1.82, 2.24) is 0 Å². The van der Waals surface area contributed by atoms with E-state index in [0.29, 0.717) is 11.7 Å². The molecular weight excluding hydrogens is 334 g/mol. The number of phenolic OH excluding ortho intramolecular Hbond substituents is 1. The Morgan fingerprint density at radius 1 is 1.07 bits per heavy atom. The van der Waals surface area contributed by atoms with Gasteiger partial charge in [0.05, 0.1) is 11.3 Å². The lowest BCUT2D eigenvalue weighted by Gasteiger charge is -2.26. The maximum absolute atomic E-state index is 10.9. The van der Waals surface area contributed by atoms with Gasteiger partial charge in [-0.2, -0.15) is 5.43 Å². The number of aromatic hydroxyl groups is 1. The highest BCUT2D eigenvalue weighted by Crippen LogP contribution is 2.39. The second-order valence-electron chi connectivity index (χ2n) is 8.63. The fourth-order valence-corrected chi connectivity index (χ4v) is 3.80. The summed E-state index contributed by atoms with van der Waals surface area (Å²) in [6.07, 6.45) is 8.26. The summed E-state index contributed by atoms with van der Waals surface area (Å²) in [5.41, 5.74) is 13.6. The Hall–Kier alpha value is -2.49. The smallest absolute Gasteiger partial charge is 0.202 e. The zero-order chi connectivity index (χ0) is 19.4. The van der Waals surface area contributed by atoms with Crippen LogP contribution in [0.25, 0.3) is 0 Å². The Kier molecular flexibility index (Phi) is 5.73. The van der Waals surface area contributed by atoms with E-state index in [1.807, 2.05) is 30.5 Å². The lowest BCUT2D eigenvalue weighted by atomic mass is 9.79. The molecular formula is C23H32N3O+. The highest BCUT2D eigenvalue weighted by molar-refractivity contribution is 5.81. The van der Waals surface area contributed by atoms with E-state index < -0.39 is 0 Å². The second-order valence-corrected chi connectivity index (χ2v) is 8.63. The van der Waals surface area contributed by atoms with Crippen LogP contribution >= 0.6 is 0 Å². The molecule has 0 aromatic heterocycles. The van der Waals surface area contributed by atoms with Crippen LogP contribution in [0.3, 0.4) is 0 Å². The van der Waals surface area contributed by atoms with Crippen LogP contribution in [-0.4, -0.2) is 11.3 Å². The molecule has 0 spiro atoms. The number of rotatable bonds is 4. The average Bonchev–Trinajstić information content (AvgIpc) is 2.64. The van der Waals surface area contributed by atoms with Gasteiger partial charge in [0.1, 0.15) is 5.75 Å². The standard InChI is InChI=1S/C23H31N3O/c1-23(2,3)21-14-17(16-7-5-4-6-8-16)13-18(22(21)27)15-25-26-20-11-9-19(24)10-12-20/h9-16,26-27H,4-8,24H2,1-3H3/p+1/b25-15+. The number of nitrogen functional groups attached to an aromatic ring is 1. The van der Waals surface area contributed by atoms with E-state index in [0.717, 1.165) is 22.5 Å². The number of nitrogens with two attached hydrogens (primary N) is 1. The van der Waals surface area contributed by atoms with Crippen molar-refractivity contribution in [1.29, 1.82) is 0 Å². The van der Waals surface area contributed by atoms with Crippen molar-refractivity contribution in [2.24, 2.45) is 0 Å². The summed E-state index contributed by atoms with van der Waals surface area (Å²) in [4.78, 5) is 0. The van der Waals surface area contributed by atoms with Crippen LogP contribution in [-0.2, 0) is 5.41 Å². The zero-order valence-corrected chi connectivity index (χ0v) is 16.7. The van der Waals surface area contributed by atoms with Crippen LogP contribution in [0.1, 0.15) is 75.5 Å². The molecule has 0 bridgehead atoms. The zero-order valence-electron chi connectivity index (χ0n) is 16.7. The van der Waals surface area contributed by atoms with Crippen molar-refractivity contribution in [3.63, 3.8) is 0 Å². The average molecular weight is 367 g/mol. The van der Waals surface area contributed by atoms with Crippen molar-refractivity contribution < 1.29 is 10.2 Å². The molecule has 2 aromatic carbocycles. The maximum atomic E-state index is 10.9. The molecule has 4 heteroatoms. The number of hydrazine groups is 1. The molecule has 0 aliphatic heterocycles. The third-order valence-corrected chi connectivity index (χ3v) is 5.40. The normalized spacial score (nSPS) is 16.0. The van der Waals surface area contributed by atoms with E-state index in [1.165, 1.54) is 37.7 Å². The van der Waals surface area contributed by atoms with Gasteiger partial charge in [0.25, 0.3) is 0 Å². The number of benzene rings is 2. The molecule has 1 fully saturated rings. The van der Waals surface area contributed by atoms with Crippen molar-refractivity contribution in [2.75, 3.05) is 11.2 Å². The van der Waals surface area contributed by atoms with Gasteiger partial charge in [-0.15, -0.1) is 5.10 Å². The van der Waals surface area contributed by atoms with Crippen LogP contribution in [0.2, 0.25) is 0 Å². The molecule has 0 heterocycles. The summed E-state index contributed by atoms with van der Waals surface area (Å²) in [5, 5.41) is 14.0. The Morgan fingerprint density at radius 3 is 2.37 bits per heavy atom. The summed E-state index contributed by atoms with van der Waals surface area (Å²) in [6, 6.07) is 11.9. The molecule has 2 aromatic rings. The van der Waals surface area contributed by atoms with Crippen LogP contribution in [0.15, 0.2) is 36.4 Å². The largest absolute Gasteiger partial charge is 0.507 e.